The zero-order valence-corrected chi connectivity index (χ0v) is 7.54. The van der Waals surface area contributed by atoms with E-state index in [1.54, 1.807) is 19.3 Å². The third kappa shape index (κ3) is 3.71. The number of hydrogen-bond donors (Lipinski definition) is 2. The summed E-state index contributed by atoms with van der Waals surface area (Å²) in [5.74, 6) is 0.807. The van der Waals surface area contributed by atoms with Gasteiger partial charge in [-0.1, -0.05) is 5.16 Å². The predicted molar refractivity (Wildman–Crippen MR) is 46.9 cm³/mol. The number of hydrogen-bond acceptors (Lipinski definition) is 4. The average molecular weight is 183 g/mol. The SMILES string of the molecule is CNC(=O)CCNCc1ccno1. The van der Waals surface area contributed by atoms with Crippen LogP contribution in [0.25, 0.3) is 0 Å². The van der Waals surface area contributed by atoms with Gasteiger partial charge in [-0.3, -0.25) is 4.79 Å². The summed E-state index contributed by atoms with van der Waals surface area (Å²) >= 11 is 0. The van der Waals surface area contributed by atoms with Gasteiger partial charge in [0.05, 0.1) is 12.7 Å². The van der Waals surface area contributed by atoms with E-state index in [1.807, 2.05) is 0 Å². The smallest absolute Gasteiger partial charge is 0.221 e. The quantitative estimate of drug-likeness (QED) is 0.625. The lowest BCUT2D eigenvalue weighted by molar-refractivity contribution is -0.120. The van der Waals surface area contributed by atoms with Crippen LogP contribution >= 0.6 is 0 Å². The van der Waals surface area contributed by atoms with Gasteiger partial charge in [0.15, 0.2) is 0 Å². The molecule has 0 unspecified atom stereocenters. The van der Waals surface area contributed by atoms with E-state index in [2.05, 4.69) is 15.8 Å². The third-order valence-electron chi connectivity index (χ3n) is 1.60. The van der Waals surface area contributed by atoms with E-state index in [0.717, 1.165) is 5.76 Å². The zero-order chi connectivity index (χ0) is 9.52. The summed E-state index contributed by atoms with van der Waals surface area (Å²) < 4.78 is 4.85. The lowest BCUT2D eigenvalue weighted by Crippen LogP contribution is -2.24. The van der Waals surface area contributed by atoms with Crippen molar-refractivity contribution in [3.63, 3.8) is 0 Å². The third-order valence-corrected chi connectivity index (χ3v) is 1.60. The lowest BCUT2D eigenvalue weighted by atomic mass is 10.4. The largest absolute Gasteiger partial charge is 0.360 e. The molecule has 13 heavy (non-hydrogen) atoms. The molecule has 0 bridgehead atoms. The van der Waals surface area contributed by atoms with Crippen LogP contribution in [0.2, 0.25) is 0 Å². The molecular formula is C8H13N3O2. The number of aromatic nitrogens is 1. The van der Waals surface area contributed by atoms with Gasteiger partial charge in [0, 0.05) is 26.1 Å². The van der Waals surface area contributed by atoms with Gasteiger partial charge >= 0.3 is 0 Å². The molecule has 0 fully saturated rings. The Hall–Kier alpha value is -1.36. The molecule has 1 rings (SSSR count). The Morgan fingerprint density at radius 1 is 1.69 bits per heavy atom. The first kappa shape index (κ1) is 9.73. The first-order chi connectivity index (χ1) is 6.33. The summed E-state index contributed by atoms with van der Waals surface area (Å²) in [5, 5.41) is 9.16. The van der Waals surface area contributed by atoms with Crippen molar-refractivity contribution in [2.45, 2.75) is 13.0 Å². The van der Waals surface area contributed by atoms with Crippen molar-refractivity contribution in [2.24, 2.45) is 0 Å². The molecule has 2 N–H and O–H groups in total. The molecule has 0 radical (unpaired) electrons. The first-order valence-electron chi connectivity index (χ1n) is 4.14. The van der Waals surface area contributed by atoms with Crippen LogP contribution in [-0.2, 0) is 11.3 Å². The Morgan fingerprint density at radius 3 is 3.15 bits per heavy atom. The van der Waals surface area contributed by atoms with Crippen molar-refractivity contribution in [2.75, 3.05) is 13.6 Å². The molecule has 1 aromatic heterocycles. The van der Waals surface area contributed by atoms with Gasteiger partial charge in [-0.15, -0.1) is 0 Å². The standard InChI is InChI=1S/C8H13N3O2/c1-9-8(12)3-4-10-6-7-2-5-11-13-7/h2,5,10H,3-4,6H2,1H3,(H,9,12). The number of rotatable bonds is 5. The number of carbonyl (C=O) groups is 1. The molecule has 0 spiro atoms. The molecule has 1 heterocycles. The maximum atomic E-state index is 10.8. The van der Waals surface area contributed by atoms with Crippen LogP contribution in [0.1, 0.15) is 12.2 Å². The van der Waals surface area contributed by atoms with Crippen molar-refractivity contribution in [1.29, 1.82) is 0 Å². The monoisotopic (exact) mass is 183 g/mol. The van der Waals surface area contributed by atoms with Gasteiger partial charge < -0.3 is 15.2 Å². The van der Waals surface area contributed by atoms with Crippen molar-refractivity contribution >= 4 is 5.91 Å². The van der Waals surface area contributed by atoms with E-state index in [1.165, 1.54) is 0 Å². The summed E-state index contributed by atoms with van der Waals surface area (Å²) in [6, 6.07) is 1.78. The molecule has 0 aliphatic carbocycles. The van der Waals surface area contributed by atoms with Gasteiger partial charge in [0.2, 0.25) is 5.91 Å². The first-order valence-corrected chi connectivity index (χ1v) is 4.14. The fourth-order valence-corrected chi connectivity index (χ4v) is 0.872. The molecule has 0 saturated carbocycles. The van der Waals surface area contributed by atoms with Gasteiger partial charge in [-0.25, -0.2) is 0 Å². The highest BCUT2D eigenvalue weighted by atomic mass is 16.5. The Balaban J connectivity index is 2.05. The molecule has 0 aliphatic rings. The second-order valence-electron chi connectivity index (χ2n) is 2.58. The Kier molecular flexibility index (Phi) is 3.98. The van der Waals surface area contributed by atoms with E-state index >= 15 is 0 Å². The molecule has 0 aliphatic heterocycles. The van der Waals surface area contributed by atoms with E-state index in [0.29, 0.717) is 19.5 Å². The molecule has 0 saturated heterocycles. The second kappa shape index (κ2) is 5.31. The van der Waals surface area contributed by atoms with E-state index < -0.39 is 0 Å². The Morgan fingerprint density at radius 2 is 2.54 bits per heavy atom. The fourth-order valence-electron chi connectivity index (χ4n) is 0.872. The second-order valence-corrected chi connectivity index (χ2v) is 2.58. The van der Waals surface area contributed by atoms with Gasteiger partial charge in [-0.05, 0) is 0 Å². The van der Waals surface area contributed by atoms with E-state index in [-0.39, 0.29) is 5.91 Å². The number of nitrogens with zero attached hydrogens (tertiary/aromatic N) is 1. The molecule has 1 aromatic rings. The lowest BCUT2D eigenvalue weighted by Gasteiger charge is -2.00. The molecule has 0 aromatic carbocycles. The number of carbonyl (C=O) groups excluding carboxylic acids is 1. The molecule has 0 atom stereocenters. The highest BCUT2D eigenvalue weighted by molar-refractivity contribution is 5.75. The van der Waals surface area contributed by atoms with E-state index in [4.69, 9.17) is 4.52 Å². The molecule has 72 valence electrons. The van der Waals surface area contributed by atoms with Crippen LogP contribution in [0.4, 0.5) is 0 Å². The molecular weight excluding hydrogens is 170 g/mol. The van der Waals surface area contributed by atoms with Gasteiger partial charge in [0.1, 0.15) is 5.76 Å². The molecule has 1 amide bonds. The van der Waals surface area contributed by atoms with Crippen LogP contribution in [0, 0.1) is 0 Å². The van der Waals surface area contributed by atoms with Crippen molar-refractivity contribution in [3.8, 4) is 0 Å². The fraction of sp³-hybridized carbons (Fsp3) is 0.500. The normalized spacial score (nSPS) is 9.92. The zero-order valence-electron chi connectivity index (χ0n) is 7.54. The summed E-state index contributed by atoms with van der Waals surface area (Å²) in [4.78, 5) is 10.8. The minimum absolute atomic E-state index is 0.0325. The molecule has 5 heteroatoms. The maximum Gasteiger partial charge on any atom is 0.221 e. The Labute approximate surface area is 76.5 Å². The summed E-state index contributed by atoms with van der Waals surface area (Å²) in [7, 11) is 1.62. The van der Waals surface area contributed by atoms with Crippen molar-refractivity contribution < 1.29 is 9.32 Å². The minimum atomic E-state index is 0.0325. The minimum Gasteiger partial charge on any atom is -0.360 e. The van der Waals surface area contributed by atoms with Crippen LogP contribution in [0.3, 0.4) is 0 Å². The Bertz CT molecular complexity index is 246. The predicted octanol–water partition coefficient (Wildman–Crippen LogP) is -0.0997. The van der Waals surface area contributed by atoms with Crippen molar-refractivity contribution in [3.05, 3.63) is 18.0 Å². The van der Waals surface area contributed by atoms with Gasteiger partial charge in [0.25, 0.3) is 0 Å². The molecule has 5 nitrogen and oxygen atoms in total. The highest BCUT2D eigenvalue weighted by Crippen LogP contribution is 1.94. The van der Waals surface area contributed by atoms with E-state index in [9.17, 15) is 4.79 Å². The summed E-state index contributed by atoms with van der Waals surface area (Å²) in [6.45, 7) is 1.25. The average Bonchev–Trinajstić information content (AvgIpc) is 2.64. The van der Waals surface area contributed by atoms with Crippen LogP contribution in [0.5, 0.6) is 0 Å². The van der Waals surface area contributed by atoms with Crippen LogP contribution in [0.15, 0.2) is 16.8 Å². The van der Waals surface area contributed by atoms with Gasteiger partial charge in [-0.2, -0.15) is 0 Å². The maximum absolute atomic E-state index is 10.8. The van der Waals surface area contributed by atoms with Crippen LogP contribution in [-0.4, -0.2) is 24.7 Å². The topological polar surface area (TPSA) is 67.2 Å². The van der Waals surface area contributed by atoms with Crippen molar-refractivity contribution in [1.82, 2.24) is 15.8 Å². The number of nitrogens with one attached hydrogen (secondary N) is 2. The summed E-state index contributed by atoms with van der Waals surface area (Å²) in [6.07, 6.45) is 2.07. The van der Waals surface area contributed by atoms with Crippen LogP contribution < -0.4 is 10.6 Å². The summed E-state index contributed by atoms with van der Waals surface area (Å²) in [5.41, 5.74) is 0. The highest BCUT2D eigenvalue weighted by Gasteiger charge is 1.98. The number of amides is 1.